The number of benzene rings is 2. The van der Waals surface area contributed by atoms with Crippen LogP contribution in [0.2, 0.25) is 10.0 Å². The number of hydrogen-bond acceptors (Lipinski definition) is 3. The molecule has 0 spiro atoms. The van der Waals surface area contributed by atoms with Crippen LogP contribution in [-0.2, 0) is 13.6 Å². The SMILES string of the molecule is Cn1c(CN2CCN(C(=O)c3cc(Cl)ccc3Cl)CC2)nc2ccccc21. The summed E-state index contributed by atoms with van der Waals surface area (Å²) in [7, 11) is 2.05. The first-order valence-corrected chi connectivity index (χ1v) is 9.65. The predicted octanol–water partition coefficient (Wildman–Crippen LogP) is 3.84. The highest BCUT2D eigenvalue weighted by molar-refractivity contribution is 6.35. The number of para-hydroxylation sites is 2. The zero-order valence-corrected chi connectivity index (χ0v) is 16.5. The Kier molecular flexibility index (Phi) is 5.08. The van der Waals surface area contributed by atoms with Gasteiger partial charge in [0.25, 0.3) is 5.91 Å². The Bertz CT molecular complexity index is 993. The van der Waals surface area contributed by atoms with Crippen molar-refractivity contribution in [1.29, 1.82) is 0 Å². The van der Waals surface area contributed by atoms with E-state index in [1.165, 1.54) is 0 Å². The minimum atomic E-state index is -0.0649. The Morgan fingerprint density at radius 1 is 1.07 bits per heavy atom. The molecule has 1 aliphatic heterocycles. The predicted molar refractivity (Wildman–Crippen MR) is 108 cm³/mol. The van der Waals surface area contributed by atoms with Gasteiger partial charge in [0.1, 0.15) is 5.82 Å². The number of amides is 1. The summed E-state index contributed by atoms with van der Waals surface area (Å²) in [5.74, 6) is 0.971. The van der Waals surface area contributed by atoms with Gasteiger partial charge in [-0.3, -0.25) is 9.69 Å². The molecule has 1 amide bonds. The Morgan fingerprint density at radius 2 is 1.81 bits per heavy atom. The lowest BCUT2D eigenvalue weighted by Gasteiger charge is -2.34. The van der Waals surface area contributed by atoms with Crippen molar-refractivity contribution in [2.75, 3.05) is 26.2 Å². The van der Waals surface area contributed by atoms with Gasteiger partial charge in [-0.05, 0) is 30.3 Å². The molecule has 0 N–H and O–H groups in total. The third kappa shape index (κ3) is 3.68. The number of rotatable bonds is 3. The van der Waals surface area contributed by atoms with Crippen LogP contribution in [0.15, 0.2) is 42.5 Å². The molecule has 0 aliphatic carbocycles. The Morgan fingerprint density at radius 3 is 2.56 bits per heavy atom. The average molecular weight is 403 g/mol. The number of carbonyl (C=O) groups is 1. The van der Waals surface area contributed by atoms with Crippen molar-refractivity contribution in [2.45, 2.75) is 6.54 Å². The molecule has 0 unspecified atom stereocenters. The number of fused-ring (bicyclic) bond motifs is 1. The van der Waals surface area contributed by atoms with Gasteiger partial charge in [0.2, 0.25) is 0 Å². The Balaban J connectivity index is 1.42. The van der Waals surface area contributed by atoms with Crippen molar-refractivity contribution in [3.63, 3.8) is 0 Å². The van der Waals surface area contributed by atoms with Gasteiger partial charge >= 0.3 is 0 Å². The molecule has 1 fully saturated rings. The second kappa shape index (κ2) is 7.50. The smallest absolute Gasteiger partial charge is 0.255 e. The Hall–Kier alpha value is -2.08. The quantitative estimate of drug-likeness (QED) is 0.668. The highest BCUT2D eigenvalue weighted by atomic mass is 35.5. The fourth-order valence-electron chi connectivity index (χ4n) is 3.48. The number of nitrogens with zero attached hydrogens (tertiary/aromatic N) is 4. The molecule has 140 valence electrons. The lowest BCUT2D eigenvalue weighted by molar-refractivity contribution is 0.0624. The van der Waals surface area contributed by atoms with E-state index >= 15 is 0 Å². The summed E-state index contributed by atoms with van der Waals surface area (Å²) in [6.45, 7) is 3.68. The molecule has 4 rings (SSSR count). The molecule has 5 nitrogen and oxygen atoms in total. The van der Waals surface area contributed by atoms with Crippen molar-refractivity contribution >= 4 is 40.1 Å². The minimum Gasteiger partial charge on any atom is -0.336 e. The van der Waals surface area contributed by atoms with Crippen molar-refractivity contribution in [1.82, 2.24) is 19.4 Å². The number of piperazine rings is 1. The average Bonchev–Trinajstić information content (AvgIpc) is 3.00. The number of imidazole rings is 1. The van der Waals surface area contributed by atoms with E-state index in [-0.39, 0.29) is 5.91 Å². The zero-order valence-electron chi connectivity index (χ0n) is 15.0. The summed E-state index contributed by atoms with van der Waals surface area (Å²) in [6, 6.07) is 13.1. The lowest BCUT2D eigenvalue weighted by Crippen LogP contribution is -2.48. The van der Waals surface area contributed by atoms with Crippen LogP contribution in [0, 0.1) is 0 Å². The number of aryl methyl sites for hydroxylation is 1. The molecular weight excluding hydrogens is 383 g/mol. The van der Waals surface area contributed by atoms with Crippen molar-refractivity contribution in [2.24, 2.45) is 7.05 Å². The molecule has 1 aromatic heterocycles. The standard InChI is InChI=1S/C20H20Cl2N4O/c1-24-18-5-3-2-4-17(18)23-19(24)13-25-8-10-26(11-9-25)20(27)15-12-14(21)6-7-16(15)22/h2-7,12H,8-11,13H2,1H3. The monoisotopic (exact) mass is 402 g/mol. The fraction of sp³-hybridized carbons (Fsp3) is 0.300. The van der Waals surface area contributed by atoms with Crippen LogP contribution < -0.4 is 0 Å². The maximum Gasteiger partial charge on any atom is 0.255 e. The molecular formula is C20H20Cl2N4O. The molecule has 0 radical (unpaired) electrons. The molecule has 1 saturated heterocycles. The van der Waals surface area contributed by atoms with E-state index in [9.17, 15) is 4.79 Å². The number of halogens is 2. The van der Waals surface area contributed by atoms with Gasteiger partial charge < -0.3 is 9.47 Å². The maximum atomic E-state index is 12.8. The van der Waals surface area contributed by atoms with E-state index in [0.29, 0.717) is 28.7 Å². The van der Waals surface area contributed by atoms with Crippen LogP contribution in [0.3, 0.4) is 0 Å². The molecule has 3 aromatic rings. The number of carbonyl (C=O) groups excluding carboxylic acids is 1. The van der Waals surface area contributed by atoms with E-state index < -0.39 is 0 Å². The summed E-state index contributed by atoms with van der Waals surface area (Å²) in [5.41, 5.74) is 2.62. The van der Waals surface area contributed by atoms with Gasteiger partial charge in [-0.2, -0.15) is 0 Å². The second-order valence-electron chi connectivity index (χ2n) is 6.77. The van der Waals surface area contributed by atoms with Crippen molar-refractivity contribution in [3.8, 4) is 0 Å². The second-order valence-corrected chi connectivity index (χ2v) is 7.61. The number of hydrogen-bond donors (Lipinski definition) is 0. The largest absolute Gasteiger partial charge is 0.336 e. The normalized spacial score (nSPS) is 15.4. The van der Waals surface area contributed by atoms with E-state index in [4.69, 9.17) is 28.2 Å². The van der Waals surface area contributed by atoms with Gasteiger partial charge in [-0.15, -0.1) is 0 Å². The van der Waals surface area contributed by atoms with E-state index in [1.807, 2.05) is 30.1 Å². The van der Waals surface area contributed by atoms with Gasteiger partial charge in [0.15, 0.2) is 0 Å². The highest BCUT2D eigenvalue weighted by Gasteiger charge is 2.24. The maximum absolute atomic E-state index is 12.8. The minimum absolute atomic E-state index is 0.0649. The highest BCUT2D eigenvalue weighted by Crippen LogP contribution is 2.23. The van der Waals surface area contributed by atoms with Crippen LogP contribution in [0.1, 0.15) is 16.2 Å². The van der Waals surface area contributed by atoms with Gasteiger partial charge in [0.05, 0.1) is 28.2 Å². The summed E-state index contributed by atoms with van der Waals surface area (Å²) in [4.78, 5) is 21.7. The van der Waals surface area contributed by atoms with Gasteiger partial charge in [-0.1, -0.05) is 35.3 Å². The van der Waals surface area contributed by atoms with Crippen LogP contribution >= 0.6 is 23.2 Å². The molecule has 0 bridgehead atoms. The van der Waals surface area contributed by atoms with Crippen LogP contribution in [0.4, 0.5) is 0 Å². The van der Waals surface area contributed by atoms with Gasteiger partial charge in [-0.25, -0.2) is 4.98 Å². The summed E-state index contributed by atoms with van der Waals surface area (Å²) < 4.78 is 2.14. The molecule has 27 heavy (non-hydrogen) atoms. The molecule has 0 saturated carbocycles. The lowest BCUT2D eigenvalue weighted by atomic mass is 10.1. The summed E-state index contributed by atoms with van der Waals surface area (Å²) in [5, 5.41) is 0.953. The molecule has 0 atom stereocenters. The first kappa shape index (κ1) is 18.3. The first-order chi connectivity index (χ1) is 13.0. The fourth-order valence-corrected chi connectivity index (χ4v) is 3.85. The van der Waals surface area contributed by atoms with Gasteiger partial charge in [0, 0.05) is 38.2 Å². The third-order valence-electron chi connectivity index (χ3n) is 5.06. The molecule has 2 aromatic carbocycles. The Labute approximate surface area is 168 Å². The zero-order chi connectivity index (χ0) is 19.0. The van der Waals surface area contributed by atoms with E-state index in [2.05, 4.69) is 15.5 Å². The van der Waals surface area contributed by atoms with E-state index in [1.54, 1.807) is 18.2 Å². The molecule has 7 heteroatoms. The topological polar surface area (TPSA) is 41.4 Å². The van der Waals surface area contributed by atoms with Crippen LogP contribution in [0.5, 0.6) is 0 Å². The number of aromatic nitrogens is 2. The summed E-state index contributed by atoms with van der Waals surface area (Å²) in [6.07, 6.45) is 0. The van der Waals surface area contributed by atoms with Crippen LogP contribution in [0.25, 0.3) is 11.0 Å². The third-order valence-corrected chi connectivity index (χ3v) is 5.63. The molecule has 2 heterocycles. The van der Waals surface area contributed by atoms with Crippen molar-refractivity contribution in [3.05, 3.63) is 63.9 Å². The van der Waals surface area contributed by atoms with Crippen LogP contribution in [-0.4, -0.2) is 51.4 Å². The van der Waals surface area contributed by atoms with E-state index in [0.717, 1.165) is 36.5 Å². The van der Waals surface area contributed by atoms with Crippen molar-refractivity contribution < 1.29 is 4.79 Å². The summed E-state index contributed by atoms with van der Waals surface area (Å²) >= 11 is 12.2. The first-order valence-electron chi connectivity index (χ1n) is 8.90. The molecule has 1 aliphatic rings.